The van der Waals surface area contributed by atoms with Gasteiger partial charge in [0.05, 0.1) is 15.6 Å². The normalized spacial score (nSPS) is 26.1. The third kappa shape index (κ3) is 2.76. The van der Waals surface area contributed by atoms with Crippen LogP contribution in [0.4, 0.5) is 0 Å². The van der Waals surface area contributed by atoms with E-state index in [1.165, 1.54) is 0 Å². The molecule has 2 rings (SSSR count). The van der Waals surface area contributed by atoms with Crippen LogP contribution in [-0.4, -0.2) is 18.2 Å². The van der Waals surface area contributed by atoms with Crippen LogP contribution in [0.25, 0.3) is 0 Å². The molecule has 2 unspecified atom stereocenters. The number of benzene rings is 1. The van der Waals surface area contributed by atoms with Crippen LogP contribution in [-0.2, 0) is 11.2 Å². The molecule has 0 saturated carbocycles. The Balaban J connectivity index is 2.12. The number of halogens is 2. The van der Waals surface area contributed by atoms with Crippen molar-refractivity contribution in [1.29, 1.82) is 0 Å². The summed E-state index contributed by atoms with van der Waals surface area (Å²) >= 11 is 12.1. The predicted octanol–water partition coefficient (Wildman–Crippen LogP) is 3.43. The van der Waals surface area contributed by atoms with E-state index in [4.69, 9.17) is 33.7 Å². The molecule has 1 aromatic rings. The van der Waals surface area contributed by atoms with Crippen molar-refractivity contribution in [2.45, 2.75) is 37.8 Å². The van der Waals surface area contributed by atoms with Crippen LogP contribution in [0.2, 0.25) is 10.0 Å². The molecule has 0 aromatic heterocycles. The molecule has 1 fully saturated rings. The number of nitrogens with two attached hydrogens (primary N) is 1. The summed E-state index contributed by atoms with van der Waals surface area (Å²) in [7, 11) is 0. The van der Waals surface area contributed by atoms with Gasteiger partial charge in [-0.1, -0.05) is 35.3 Å². The van der Waals surface area contributed by atoms with E-state index >= 15 is 0 Å². The van der Waals surface area contributed by atoms with Gasteiger partial charge in [-0.15, -0.1) is 0 Å². The molecule has 2 nitrogen and oxygen atoms in total. The lowest BCUT2D eigenvalue weighted by molar-refractivity contribution is -0.000897. The van der Waals surface area contributed by atoms with Crippen molar-refractivity contribution < 1.29 is 4.74 Å². The van der Waals surface area contributed by atoms with Crippen LogP contribution in [0.3, 0.4) is 0 Å². The lowest BCUT2D eigenvalue weighted by Gasteiger charge is -2.30. The van der Waals surface area contributed by atoms with Gasteiger partial charge in [0.2, 0.25) is 0 Å². The number of hydrogen-bond donors (Lipinski definition) is 1. The van der Waals surface area contributed by atoms with Crippen molar-refractivity contribution in [3.8, 4) is 0 Å². The van der Waals surface area contributed by atoms with E-state index < -0.39 is 0 Å². The van der Waals surface area contributed by atoms with E-state index in [-0.39, 0.29) is 11.6 Å². The number of hydrogen-bond acceptors (Lipinski definition) is 2. The monoisotopic (exact) mass is 273 g/mol. The molecule has 0 spiro atoms. The quantitative estimate of drug-likeness (QED) is 0.916. The van der Waals surface area contributed by atoms with Crippen molar-refractivity contribution in [3.63, 3.8) is 0 Å². The molecule has 1 aromatic carbocycles. The molecule has 1 heterocycles. The molecule has 0 bridgehead atoms. The van der Waals surface area contributed by atoms with E-state index in [0.29, 0.717) is 16.5 Å². The summed E-state index contributed by atoms with van der Waals surface area (Å²) in [5, 5.41) is 1.18. The van der Waals surface area contributed by atoms with Gasteiger partial charge in [-0.05, 0) is 37.8 Å². The molecule has 0 amide bonds. The molecule has 17 heavy (non-hydrogen) atoms. The zero-order valence-electron chi connectivity index (χ0n) is 9.88. The highest BCUT2D eigenvalue weighted by Gasteiger charge is 2.36. The summed E-state index contributed by atoms with van der Waals surface area (Å²) in [5.74, 6) is 0. The molecular weight excluding hydrogens is 257 g/mol. The Bertz CT molecular complexity index is 402. The van der Waals surface area contributed by atoms with Crippen LogP contribution in [0, 0.1) is 0 Å². The fourth-order valence-corrected chi connectivity index (χ4v) is 2.65. The highest BCUT2D eigenvalue weighted by atomic mass is 35.5. The minimum atomic E-state index is -0.231. The Labute approximate surface area is 112 Å². The second-order valence-electron chi connectivity index (χ2n) is 4.79. The highest BCUT2D eigenvalue weighted by molar-refractivity contribution is 6.42. The zero-order chi connectivity index (χ0) is 12.5. The van der Waals surface area contributed by atoms with Gasteiger partial charge in [-0.2, -0.15) is 0 Å². The Morgan fingerprint density at radius 1 is 1.47 bits per heavy atom. The Morgan fingerprint density at radius 3 is 2.88 bits per heavy atom. The number of ether oxygens (including phenoxy) is 1. The summed E-state index contributed by atoms with van der Waals surface area (Å²) in [5.41, 5.74) is 7.00. The molecule has 94 valence electrons. The second kappa shape index (κ2) is 5.15. The summed E-state index contributed by atoms with van der Waals surface area (Å²) in [4.78, 5) is 0. The zero-order valence-corrected chi connectivity index (χ0v) is 11.4. The average molecular weight is 274 g/mol. The Morgan fingerprint density at radius 2 is 2.24 bits per heavy atom. The van der Waals surface area contributed by atoms with E-state index in [9.17, 15) is 0 Å². The smallest absolute Gasteiger partial charge is 0.0808 e. The minimum Gasteiger partial charge on any atom is -0.374 e. The van der Waals surface area contributed by atoms with Crippen LogP contribution in [0.1, 0.15) is 25.3 Å². The van der Waals surface area contributed by atoms with Crippen molar-refractivity contribution in [3.05, 3.63) is 33.8 Å². The van der Waals surface area contributed by atoms with Crippen LogP contribution in [0.5, 0.6) is 0 Å². The summed E-state index contributed by atoms with van der Waals surface area (Å²) < 4.78 is 5.74. The summed E-state index contributed by atoms with van der Waals surface area (Å²) in [6, 6.07) is 5.59. The van der Waals surface area contributed by atoms with Crippen molar-refractivity contribution in [2.24, 2.45) is 5.73 Å². The SMILES string of the molecule is CC1(C(N)Cc2cccc(Cl)c2Cl)CCCO1. The average Bonchev–Trinajstić information content (AvgIpc) is 2.73. The van der Waals surface area contributed by atoms with Gasteiger partial charge in [0, 0.05) is 12.6 Å². The first-order chi connectivity index (χ1) is 8.03. The first kappa shape index (κ1) is 13.2. The Kier molecular flexibility index (Phi) is 3.99. The van der Waals surface area contributed by atoms with Crippen molar-refractivity contribution in [1.82, 2.24) is 0 Å². The minimum absolute atomic E-state index is 0.0547. The maximum Gasteiger partial charge on any atom is 0.0808 e. The molecule has 1 aliphatic rings. The molecule has 0 radical (unpaired) electrons. The van der Waals surface area contributed by atoms with Crippen molar-refractivity contribution in [2.75, 3.05) is 6.61 Å². The van der Waals surface area contributed by atoms with Gasteiger partial charge in [0.15, 0.2) is 0 Å². The van der Waals surface area contributed by atoms with Gasteiger partial charge >= 0.3 is 0 Å². The van der Waals surface area contributed by atoms with Crippen molar-refractivity contribution >= 4 is 23.2 Å². The van der Waals surface area contributed by atoms with Crippen LogP contribution >= 0.6 is 23.2 Å². The molecule has 1 saturated heterocycles. The fraction of sp³-hybridized carbons (Fsp3) is 0.538. The van der Waals surface area contributed by atoms with E-state index in [2.05, 4.69) is 6.92 Å². The van der Waals surface area contributed by atoms with Crippen LogP contribution < -0.4 is 5.73 Å². The van der Waals surface area contributed by atoms with Gasteiger partial charge in [-0.3, -0.25) is 0 Å². The second-order valence-corrected chi connectivity index (χ2v) is 5.57. The van der Waals surface area contributed by atoms with Gasteiger partial charge in [-0.25, -0.2) is 0 Å². The number of rotatable bonds is 3. The highest BCUT2D eigenvalue weighted by Crippen LogP contribution is 2.32. The standard InChI is InChI=1S/C13H17Cl2NO/c1-13(6-3-7-17-13)11(16)8-9-4-2-5-10(14)12(9)15/h2,4-5,11H,3,6-8,16H2,1H3. The molecule has 0 aliphatic carbocycles. The Hall–Kier alpha value is -0.280. The molecule has 2 atom stereocenters. The topological polar surface area (TPSA) is 35.2 Å². The van der Waals surface area contributed by atoms with Gasteiger partial charge < -0.3 is 10.5 Å². The summed E-state index contributed by atoms with van der Waals surface area (Å²) in [6.45, 7) is 2.87. The molecular formula is C13H17Cl2NO. The third-order valence-corrected chi connectivity index (χ3v) is 4.36. The predicted molar refractivity (Wildman–Crippen MR) is 71.7 cm³/mol. The maximum absolute atomic E-state index is 6.24. The third-order valence-electron chi connectivity index (χ3n) is 3.51. The lowest BCUT2D eigenvalue weighted by Crippen LogP contribution is -2.46. The van der Waals surface area contributed by atoms with Crippen LogP contribution in [0.15, 0.2) is 18.2 Å². The first-order valence-corrected chi connectivity index (χ1v) is 6.61. The van der Waals surface area contributed by atoms with E-state index in [1.807, 2.05) is 12.1 Å². The fourth-order valence-electron chi connectivity index (χ4n) is 2.25. The van der Waals surface area contributed by atoms with E-state index in [1.54, 1.807) is 6.07 Å². The van der Waals surface area contributed by atoms with Gasteiger partial charge in [0.25, 0.3) is 0 Å². The largest absolute Gasteiger partial charge is 0.374 e. The summed E-state index contributed by atoms with van der Waals surface area (Å²) in [6.07, 6.45) is 2.77. The molecule has 1 aliphatic heterocycles. The molecule has 4 heteroatoms. The maximum atomic E-state index is 6.24. The molecule has 2 N–H and O–H groups in total. The lowest BCUT2D eigenvalue weighted by atomic mass is 9.89. The first-order valence-electron chi connectivity index (χ1n) is 5.85. The van der Waals surface area contributed by atoms with E-state index in [0.717, 1.165) is 25.0 Å². The van der Waals surface area contributed by atoms with Gasteiger partial charge in [0.1, 0.15) is 0 Å².